The number of hydrogen-bond acceptors (Lipinski definition) is 3. The van der Waals surface area contributed by atoms with Crippen LogP contribution in [-0.4, -0.2) is 28.4 Å². The fraction of sp³-hybridized carbons (Fsp3) is 0.435. The molecule has 0 aliphatic rings. The molecule has 0 unspecified atom stereocenters. The number of aromatic nitrogens is 2. The zero-order chi connectivity index (χ0) is 20.5. The van der Waals surface area contributed by atoms with E-state index in [9.17, 15) is 5.11 Å². The summed E-state index contributed by atoms with van der Waals surface area (Å²) >= 11 is 3.63. The Kier molecular flexibility index (Phi) is 6.28. The Balaban J connectivity index is 2.39. The molecule has 0 spiro atoms. The van der Waals surface area contributed by atoms with Crippen LogP contribution in [-0.2, 0) is 17.7 Å². The second-order valence-corrected chi connectivity index (χ2v) is 8.96. The Morgan fingerprint density at radius 3 is 2.68 bits per heavy atom. The van der Waals surface area contributed by atoms with E-state index >= 15 is 0 Å². The van der Waals surface area contributed by atoms with Crippen LogP contribution in [0.1, 0.15) is 45.1 Å². The maximum atomic E-state index is 9.94. The lowest BCUT2D eigenvalue weighted by molar-refractivity contribution is 0.116. The summed E-state index contributed by atoms with van der Waals surface area (Å²) in [5.74, 6) is 0. The average Bonchev–Trinajstić information content (AvgIpc) is 2.99. The molecule has 0 aliphatic heterocycles. The molecule has 150 valence electrons. The first-order valence-electron chi connectivity index (χ1n) is 9.72. The molecular weight excluding hydrogens is 416 g/mol. The van der Waals surface area contributed by atoms with Crippen molar-refractivity contribution in [2.45, 2.75) is 46.8 Å². The normalized spacial score (nSPS) is 13.2. The predicted molar refractivity (Wildman–Crippen MR) is 119 cm³/mol. The van der Waals surface area contributed by atoms with Crippen LogP contribution in [0.2, 0.25) is 0 Å². The first-order chi connectivity index (χ1) is 13.3. The summed E-state index contributed by atoms with van der Waals surface area (Å²) in [6.07, 6.45) is 2.49. The van der Waals surface area contributed by atoms with Crippen molar-refractivity contribution >= 4 is 26.8 Å². The standard InChI is InChI=1S/C23H29BrN2O2/c1-6-26-20-10-9-16(24)12-18(20)19(13-23(3,4)14-27)22(26)17-8-7-11-25-21(17)15(2)28-5/h7-12,15,27H,6,13-14H2,1-5H3/t15-/m0/s1. The lowest BCUT2D eigenvalue weighted by Gasteiger charge is -2.23. The largest absolute Gasteiger partial charge is 0.396 e. The number of fused-ring (bicyclic) bond motifs is 1. The van der Waals surface area contributed by atoms with Crippen LogP contribution < -0.4 is 0 Å². The quantitative estimate of drug-likeness (QED) is 0.504. The van der Waals surface area contributed by atoms with Gasteiger partial charge in [0.2, 0.25) is 0 Å². The third-order valence-corrected chi connectivity index (χ3v) is 5.86. The van der Waals surface area contributed by atoms with Crippen LogP contribution in [0.15, 0.2) is 41.0 Å². The van der Waals surface area contributed by atoms with Crippen molar-refractivity contribution in [1.82, 2.24) is 9.55 Å². The number of aliphatic hydroxyl groups excluding tert-OH is 1. The van der Waals surface area contributed by atoms with Gasteiger partial charge in [0, 0.05) is 47.4 Å². The van der Waals surface area contributed by atoms with E-state index in [2.05, 4.69) is 70.5 Å². The zero-order valence-corrected chi connectivity index (χ0v) is 18.9. The Bertz CT molecular complexity index is 978. The van der Waals surface area contributed by atoms with E-state index < -0.39 is 0 Å². The summed E-state index contributed by atoms with van der Waals surface area (Å²) in [4.78, 5) is 4.65. The number of pyridine rings is 1. The fourth-order valence-electron chi connectivity index (χ4n) is 3.80. The molecule has 3 aromatic rings. The number of aliphatic hydroxyl groups is 1. The molecule has 0 saturated carbocycles. The lowest BCUT2D eigenvalue weighted by Crippen LogP contribution is -2.20. The van der Waals surface area contributed by atoms with Gasteiger partial charge in [-0.1, -0.05) is 29.8 Å². The molecule has 28 heavy (non-hydrogen) atoms. The van der Waals surface area contributed by atoms with Gasteiger partial charge in [0.05, 0.1) is 17.5 Å². The van der Waals surface area contributed by atoms with Crippen LogP contribution in [0.25, 0.3) is 22.2 Å². The minimum absolute atomic E-state index is 0.107. The van der Waals surface area contributed by atoms with E-state index in [0.29, 0.717) is 0 Å². The topological polar surface area (TPSA) is 47.3 Å². The highest BCUT2D eigenvalue weighted by molar-refractivity contribution is 9.10. The van der Waals surface area contributed by atoms with E-state index in [4.69, 9.17) is 4.74 Å². The smallest absolute Gasteiger partial charge is 0.0969 e. The maximum Gasteiger partial charge on any atom is 0.0969 e. The zero-order valence-electron chi connectivity index (χ0n) is 17.3. The van der Waals surface area contributed by atoms with Gasteiger partial charge in [-0.2, -0.15) is 0 Å². The Hall–Kier alpha value is -1.69. The molecule has 0 amide bonds. The number of rotatable bonds is 7. The van der Waals surface area contributed by atoms with E-state index in [0.717, 1.165) is 28.7 Å². The molecule has 0 saturated heterocycles. The SMILES string of the molecule is CCn1c(-c2cccnc2[C@H](C)OC)c(CC(C)(C)CO)c2cc(Br)ccc21. The number of aryl methyl sites for hydroxylation is 1. The van der Waals surface area contributed by atoms with Gasteiger partial charge in [-0.3, -0.25) is 4.98 Å². The van der Waals surface area contributed by atoms with Crippen LogP contribution in [0.4, 0.5) is 0 Å². The molecule has 0 aliphatic carbocycles. The van der Waals surface area contributed by atoms with Crippen molar-refractivity contribution in [1.29, 1.82) is 0 Å². The molecular formula is C23H29BrN2O2. The minimum atomic E-state index is -0.223. The average molecular weight is 445 g/mol. The Morgan fingerprint density at radius 2 is 2.04 bits per heavy atom. The number of methoxy groups -OCH3 is 1. The summed E-state index contributed by atoms with van der Waals surface area (Å²) in [6, 6.07) is 10.5. The van der Waals surface area contributed by atoms with Gasteiger partial charge < -0.3 is 14.4 Å². The van der Waals surface area contributed by atoms with Crippen molar-refractivity contribution in [2.24, 2.45) is 5.41 Å². The molecule has 1 aromatic carbocycles. The second kappa shape index (κ2) is 8.36. The minimum Gasteiger partial charge on any atom is -0.396 e. The molecule has 0 radical (unpaired) electrons. The Morgan fingerprint density at radius 1 is 1.29 bits per heavy atom. The molecule has 1 N–H and O–H groups in total. The number of nitrogens with zero attached hydrogens (tertiary/aromatic N) is 2. The van der Waals surface area contributed by atoms with Gasteiger partial charge in [-0.05, 0) is 61.6 Å². The summed E-state index contributed by atoms with van der Waals surface area (Å²) < 4.78 is 9.02. The van der Waals surface area contributed by atoms with Gasteiger partial charge >= 0.3 is 0 Å². The molecule has 0 bridgehead atoms. The van der Waals surface area contributed by atoms with Gasteiger partial charge in [0.15, 0.2) is 0 Å². The summed E-state index contributed by atoms with van der Waals surface area (Å²) in [5, 5.41) is 11.2. The highest BCUT2D eigenvalue weighted by atomic mass is 79.9. The highest BCUT2D eigenvalue weighted by Crippen LogP contribution is 2.40. The van der Waals surface area contributed by atoms with Crippen molar-refractivity contribution in [2.75, 3.05) is 13.7 Å². The second-order valence-electron chi connectivity index (χ2n) is 8.05. The third kappa shape index (κ3) is 3.88. The van der Waals surface area contributed by atoms with Crippen LogP contribution in [0.5, 0.6) is 0 Å². The fourth-order valence-corrected chi connectivity index (χ4v) is 4.16. The predicted octanol–water partition coefficient (Wildman–Crippen LogP) is 5.75. The van der Waals surface area contributed by atoms with Gasteiger partial charge in [0.1, 0.15) is 0 Å². The van der Waals surface area contributed by atoms with E-state index in [-0.39, 0.29) is 18.1 Å². The van der Waals surface area contributed by atoms with Crippen LogP contribution in [0, 0.1) is 5.41 Å². The van der Waals surface area contributed by atoms with Gasteiger partial charge in [-0.25, -0.2) is 0 Å². The Labute approximate surface area is 175 Å². The summed E-state index contributed by atoms with van der Waals surface area (Å²) in [5.41, 5.74) is 5.42. The molecule has 2 aromatic heterocycles. The third-order valence-electron chi connectivity index (χ3n) is 5.36. The molecule has 4 nitrogen and oxygen atoms in total. The first-order valence-corrected chi connectivity index (χ1v) is 10.5. The van der Waals surface area contributed by atoms with E-state index in [1.165, 1.54) is 22.2 Å². The van der Waals surface area contributed by atoms with Gasteiger partial charge in [0.25, 0.3) is 0 Å². The van der Waals surface area contributed by atoms with Crippen molar-refractivity contribution in [3.8, 4) is 11.3 Å². The van der Waals surface area contributed by atoms with Crippen molar-refractivity contribution in [3.05, 3.63) is 52.3 Å². The van der Waals surface area contributed by atoms with Gasteiger partial charge in [-0.15, -0.1) is 0 Å². The number of benzene rings is 1. The molecule has 1 atom stereocenters. The summed E-state index contributed by atoms with van der Waals surface area (Å²) in [7, 11) is 1.71. The number of hydrogen-bond donors (Lipinski definition) is 1. The van der Waals surface area contributed by atoms with E-state index in [1.807, 2.05) is 19.2 Å². The molecule has 3 rings (SSSR count). The van der Waals surface area contributed by atoms with Crippen molar-refractivity contribution < 1.29 is 9.84 Å². The first kappa shape index (κ1) is 21.0. The van der Waals surface area contributed by atoms with Crippen LogP contribution >= 0.6 is 15.9 Å². The molecule has 2 heterocycles. The maximum absolute atomic E-state index is 9.94. The van der Waals surface area contributed by atoms with Crippen molar-refractivity contribution in [3.63, 3.8) is 0 Å². The lowest BCUT2D eigenvalue weighted by atomic mass is 9.84. The van der Waals surface area contributed by atoms with E-state index in [1.54, 1.807) is 7.11 Å². The number of halogens is 1. The molecule has 5 heteroatoms. The summed E-state index contributed by atoms with van der Waals surface area (Å²) in [6.45, 7) is 9.38. The number of ether oxygens (including phenoxy) is 1. The molecule has 0 fully saturated rings. The highest BCUT2D eigenvalue weighted by Gasteiger charge is 2.27. The monoisotopic (exact) mass is 444 g/mol. The van der Waals surface area contributed by atoms with Crippen LogP contribution in [0.3, 0.4) is 0 Å².